The summed E-state index contributed by atoms with van der Waals surface area (Å²) >= 11 is 0. The number of hydrogen-bond acceptors (Lipinski definition) is 6. The molecule has 7 heteroatoms. The number of carbonyl (C=O) groups is 1. The number of halogens is 1. The largest absolute Gasteiger partial charge is 0.464 e. The van der Waals surface area contributed by atoms with Crippen LogP contribution in [-0.2, 0) is 4.74 Å². The van der Waals surface area contributed by atoms with Gasteiger partial charge in [0.1, 0.15) is 11.5 Å². The van der Waals surface area contributed by atoms with Crippen LogP contribution < -0.4 is 5.32 Å². The van der Waals surface area contributed by atoms with Crippen LogP contribution in [0.1, 0.15) is 40.3 Å². The van der Waals surface area contributed by atoms with E-state index in [0.29, 0.717) is 34.9 Å². The minimum absolute atomic E-state index is 0.144. The van der Waals surface area contributed by atoms with E-state index in [1.54, 1.807) is 19.1 Å². The summed E-state index contributed by atoms with van der Waals surface area (Å²) < 4.78 is 18.1. The zero-order chi connectivity index (χ0) is 20.1. The lowest BCUT2D eigenvalue weighted by atomic mass is 10.0. The average molecular weight is 384 g/mol. The average Bonchev–Trinajstić information content (AvgIpc) is 3.21. The predicted octanol–water partition coefficient (Wildman–Crippen LogP) is 3.28. The van der Waals surface area contributed by atoms with E-state index in [4.69, 9.17) is 4.74 Å². The molecule has 1 aliphatic rings. The summed E-state index contributed by atoms with van der Waals surface area (Å²) in [5.74, 6) is -0.328. The lowest BCUT2D eigenvalue weighted by Gasteiger charge is -2.18. The first kappa shape index (κ1) is 19.9. The van der Waals surface area contributed by atoms with Gasteiger partial charge >= 0.3 is 5.97 Å². The molecular weight excluding hydrogens is 359 g/mol. The van der Waals surface area contributed by atoms with E-state index in [1.807, 2.05) is 0 Å². The Labute approximate surface area is 164 Å². The lowest BCUT2D eigenvalue weighted by molar-refractivity contribution is 0.0592. The minimum atomic E-state index is -0.554. The van der Waals surface area contributed by atoms with Gasteiger partial charge in [-0.05, 0) is 50.6 Å². The lowest BCUT2D eigenvalue weighted by Crippen LogP contribution is -2.26. The number of methoxy groups -OCH3 is 1. The summed E-state index contributed by atoms with van der Waals surface area (Å²) in [5.41, 5.74) is 2.34. The number of anilines is 1. The molecule has 3 rings (SSSR count). The molecule has 0 atom stereocenters. The van der Waals surface area contributed by atoms with Crippen LogP contribution in [0.15, 0.2) is 30.8 Å². The Kier molecular flexibility index (Phi) is 6.36. The highest BCUT2D eigenvalue weighted by Crippen LogP contribution is 2.27. The monoisotopic (exact) mass is 384 g/mol. The van der Waals surface area contributed by atoms with Crippen LogP contribution in [0, 0.1) is 12.7 Å². The fraction of sp³-hybridized carbons (Fsp3) is 0.381. The Morgan fingerprint density at radius 1 is 1.21 bits per heavy atom. The van der Waals surface area contributed by atoms with Crippen LogP contribution in [0.2, 0.25) is 0 Å². The van der Waals surface area contributed by atoms with Crippen molar-refractivity contribution in [3.63, 3.8) is 0 Å². The number of benzene rings is 1. The van der Waals surface area contributed by atoms with E-state index in [9.17, 15) is 9.18 Å². The number of ether oxygens (including phenoxy) is 1. The topological polar surface area (TPSA) is 67.3 Å². The van der Waals surface area contributed by atoms with E-state index in [2.05, 4.69) is 26.8 Å². The van der Waals surface area contributed by atoms with Crippen LogP contribution >= 0.6 is 0 Å². The Hall–Kier alpha value is -2.80. The second kappa shape index (κ2) is 8.93. The highest BCUT2D eigenvalue weighted by atomic mass is 19.1. The minimum Gasteiger partial charge on any atom is -0.464 e. The molecule has 2 heterocycles. The number of carbonyl (C=O) groups excluding carboxylic acids is 1. The Morgan fingerprint density at radius 2 is 1.89 bits per heavy atom. The number of likely N-dealkylation sites (tertiary alicyclic amines) is 1. The second-order valence-corrected chi connectivity index (χ2v) is 6.81. The van der Waals surface area contributed by atoms with Crippen molar-refractivity contribution in [2.75, 3.05) is 38.6 Å². The van der Waals surface area contributed by atoms with Crippen molar-refractivity contribution in [2.24, 2.45) is 0 Å². The van der Waals surface area contributed by atoms with Crippen molar-refractivity contribution >= 4 is 17.4 Å². The quantitative estimate of drug-likeness (QED) is 0.739. The SMILES string of the molecule is C=C(c1ccc(F)cc1)c1nc(C(=O)OC)c(C)nc1NCCN1CCCC1. The summed E-state index contributed by atoms with van der Waals surface area (Å²) in [4.78, 5) is 23.5. The van der Waals surface area contributed by atoms with Crippen molar-refractivity contribution in [1.82, 2.24) is 14.9 Å². The predicted molar refractivity (Wildman–Crippen MR) is 107 cm³/mol. The summed E-state index contributed by atoms with van der Waals surface area (Å²) in [6, 6.07) is 5.99. The maximum absolute atomic E-state index is 13.3. The van der Waals surface area contributed by atoms with Gasteiger partial charge in [0.2, 0.25) is 0 Å². The molecular formula is C21H25FN4O2. The van der Waals surface area contributed by atoms with E-state index < -0.39 is 5.97 Å². The van der Waals surface area contributed by atoms with E-state index >= 15 is 0 Å². The Bertz CT molecular complexity index is 861. The molecule has 1 N–H and O–H groups in total. The van der Waals surface area contributed by atoms with Gasteiger partial charge in [0, 0.05) is 18.7 Å². The third-order valence-electron chi connectivity index (χ3n) is 4.85. The summed E-state index contributed by atoms with van der Waals surface area (Å²) in [7, 11) is 1.31. The maximum atomic E-state index is 13.3. The molecule has 1 aromatic carbocycles. The molecule has 0 aliphatic carbocycles. The number of hydrogen-bond donors (Lipinski definition) is 1. The van der Waals surface area contributed by atoms with Crippen molar-refractivity contribution < 1.29 is 13.9 Å². The van der Waals surface area contributed by atoms with Crippen molar-refractivity contribution in [1.29, 1.82) is 0 Å². The maximum Gasteiger partial charge on any atom is 0.358 e. The van der Waals surface area contributed by atoms with Crippen LogP contribution in [0.3, 0.4) is 0 Å². The van der Waals surface area contributed by atoms with Gasteiger partial charge in [-0.15, -0.1) is 0 Å². The van der Waals surface area contributed by atoms with E-state index in [1.165, 1.54) is 32.1 Å². The molecule has 1 aliphatic heterocycles. The number of nitrogens with one attached hydrogen (secondary N) is 1. The summed E-state index contributed by atoms with van der Waals surface area (Å²) in [5, 5.41) is 3.32. The number of aromatic nitrogens is 2. The molecule has 2 aromatic rings. The number of aryl methyl sites for hydroxylation is 1. The molecule has 0 bridgehead atoms. The molecule has 148 valence electrons. The van der Waals surface area contributed by atoms with Crippen molar-refractivity contribution in [3.8, 4) is 0 Å². The van der Waals surface area contributed by atoms with Crippen LogP contribution in [0.4, 0.5) is 10.2 Å². The molecule has 0 unspecified atom stereocenters. The summed E-state index contributed by atoms with van der Waals surface area (Å²) in [6.07, 6.45) is 2.47. The van der Waals surface area contributed by atoms with E-state index in [0.717, 1.165) is 19.6 Å². The molecule has 1 saturated heterocycles. The Balaban J connectivity index is 1.89. The number of esters is 1. The molecule has 6 nitrogen and oxygen atoms in total. The van der Waals surface area contributed by atoms with Gasteiger partial charge in [0.05, 0.1) is 12.8 Å². The molecule has 0 amide bonds. The zero-order valence-corrected chi connectivity index (χ0v) is 16.3. The van der Waals surface area contributed by atoms with E-state index in [-0.39, 0.29) is 11.5 Å². The second-order valence-electron chi connectivity index (χ2n) is 6.81. The van der Waals surface area contributed by atoms with Crippen LogP contribution in [0.5, 0.6) is 0 Å². The van der Waals surface area contributed by atoms with Gasteiger partial charge < -0.3 is 15.0 Å². The van der Waals surface area contributed by atoms with Gasteiger partial charge in [-0.1, -0.05) is 18.7 Å². The third-order valence-corrected chi connectivity index (χ3v) is 4.85. The fourth-order valence-electron chi connectivity index (χ4n) is 3.27. The number of nitrogens with zero attached hydrogens (tertiary/aromatic N) is 3. The number of rotatable bonds is 7. The van der Waals surface area contributed by atoms with Crippen molar-refractivity contribution in [3.05, 3.63) is 59.3 Å². The first-order valence-electron chi connectivity index (χ1n) is 9.38. The summed E-state index contributed by atoms with van der Waals surface area (Å²) in [6.45, 7) is 9.65. The van der Waals surface area contributed by atoms with Gasteiger partial charge in [-0.3, -0.25) is 0 Å². The smallest absolute Gasteiger partial charge is 0.358 e. The molecule has 28 heavy (non-hydrogen) atoms. The fourth-order valence-corrected chi connectivity index (χ4v) is 3.27. The first-order valence-corrected chi connectivity index (χ1v) is 9.38. The molecule has 1 aromatic heterocycles. The van der Waals surface area contributed by atoms with Crippen LogP contribution in [-0.4, -0.2) is 54.1 Å². The first-order chi connectivity index (χ1) is 13.5. The van der Waals surface area contributed by atoms with Gasteiger partial charge in [0.25, 0.3) is 0 Å². The standard InChI is InChI=1S/C21H25FN4O2/c1-14(16-6-8-17(22)9-7-16)18-20(23-10-13-26-11-4-5-12-26)24-15(2)19(25-18)21(27)28-3/h6-9H,1,4-5,10-13H2,2-3H3,(H,23,24). The molecule has 0 saturated carbocycles. The zero-order valence-electron chi connectivity index (χ0n) is 16.3. The van der Waals surface area contributed by atoms with Gasteiger partial charge in [-0.25, -0.2) is 19.2 Å². The Morgan fingerprint density at radius 3 is 2.54 bits per heavy atom. The molecule has 0 spiro atoms. The molecule has 0 radical (unpaired) electrons. The molecule has 1 fully saturated rings. The van der Waals surface area contributed by atoms with Gasteiger partial charge in [-0.2, -0.15) is 0 Å². The van der Waals surface area contributed by atoms with Gasteiger partial charge in [0.15, 0.2) is 11.5 Å². The van der Waals surface area contributed by atoms with Crippen LogP contribution in [0.25, 0.3) is 5.57 Å². The highest BCUT2D eigenvalue weighted by molar-refractivity contribution is 5.90. The third kappa shape index (κ3) is 4.54. The van der Waals surface area contributed by atoms with Crippen molar-refractivity contribution in [2.45, 2.75) is 19.8 Å². The normalized spacial score (nSPS) is 14.1. The highest BCUT2D eigenvalue weighted by Gasteiger charge is 2.20.